The van der Waals surface area contributed by atoms with Gasteiger partial charge >= 0.3 is 5.97 Å². The SMILES string of the molecule is CC[C@H](C)[C@H](NC(=O)[C@H](CC(=O)O)NC(C)=O)C(=O)N[C@H](C(=O)N[C@@H](Cc1c[nH]c2ccccc12)C(=O)N[C@@H](CS)C(N)=O)[C@@H](C)CC. The number of hydrogen-bond donors (Lipinski definition) is 9. The van der Waals surface area contributed by atoms with E-state index in [4.69, 9.17) is 5.73 Å². The number of carboxylic acid groups (broad SMARTS) is 1. The van der Waals surface area contributed by atoms with Gasteiger partial charge in [-0.1, -0.05) is 58.7 Å². The van der Waals surface area contributed by atoms with Crippen LogP contribution >= 0.6 is 12.6 Å². The third kappa shape index (κ3) is 11.3. The number of amides is 6. The Morgan fingerprint density at radius 1 is 0.792 bits per heavy atom. The molecule has 2 rings (SSSR count). The molecule has 48 heavy (non-hydrogen) atoms. The molecule has 15 nitrogen and oxygen atoms in total. The monoisotopic (exact) mass is 689 g/mol. The van der Waals surface area contributed by atoms with E-state index in [2.05, 4.69) is 44.2 Å². The normalized spacial score (nSPS) is 15.5. The van der Waals surface area contributed by atoms with E-state index in [1.807, 2.05) is 31.2 Å². The molecular weight excluding hydrogens is 642 g/mol. The van der Waals surface area contributed by atoms with Gasteiger partial charge in [0.05, 0.1) is 6.42 Å². The van der Waals surface area contributed by atoms with Crippen molar-refractivity contribution in [2.45, 2.75) is 90.5 Å². The van der Waals surface area contributed by atoms with Crippen molar-refractivity contribution < 1.29 is 38.7 Å². The van der Waals surface area contributed by atoms with Crippen molar-refractivity contribution in [2.24, 2.45) is 17.6 Å². The zero-order valence-corrected chi connectivity index (χ0v) is 28.7. The van der Waals surface area contributed by atoms with Gasteiger partial charge in [-0.25, -0.2) is 0 Å². The minimum atomic E-state index is -1.43. The van der Waals surface area contributed by atoms with Crippen LogP contribution in [0.5, 0.6) is 0 Å². The second kappa shape index (κ2) is 18.7. The predicted molar refractivity (Wildman–Crippen MR) is 182 cm³/mol. The van der Waals surface area contributed by atoms with Crippen molar-refractivity contribution in [3.05, 3.63) is 36.0 Å². The average Bonchev–Trinajstić information content (AvgIpc) is 3.45. The van der Waals surface area contributed by atoms with Gasteiger partial charge in [-0.15, -0.1) is 0 Å². The van der Waals surface area contributed by atoms with Crippen LogP contribution in [-0.4, -0.2) is 87.5 Å². The van der Waals surface area contributed by atoms with E-state index in [-0.39, 0.29) is 12.2 Å². The molecule has 0 bridgehead atoms. The maximum Gasteiger partial charge on any atom is 0.305 e. The third-order valence-electron chi connectivity index (χ3n) is 8.23. The van der Waals surface area contributed by atoms with Gasteiger partial charge in [0.15, 0.2) is 0 Å². The maximum absolute atomic E-state index is 13.9. The molecule has 0 aliphatic carbocycles. The number of aliphatic carboxylic acids is 1. The number of carbonyl (C=O) groups is 7. The number of para-hydroxylation sites is 1. The summed E-state index contributed by atoms with van der Waals surface area (Å²) < 4.78 is 0. The van der Waals surface area contributed by atoms with Crippen LogP contribution in [0.25, 0.3) is 10.9 Å². The Morgan fingerprint density at radius 3 is 1.83 bits per heavy atom. The van der Waals surface area contributed by atoms with Gasteiger partial charge in [-0.3, -0.25) is 33.6 Å². The molecule has 1 aromatic heterocycles. The Bertz CT molecular complexity index is 1470. The molecule has 16 heteroatoms. The third-order valence-corrected chi connectivity index (χ3v) is 8.60. The number of nitrogens with one attached hydrogen (secondary N) is 6. The fraction of sp³-hybridized carbons (Fsp3) is 0.531. The lowest BCUT2D eigenvalue weighted by Gasteiger charge is -2.30. The number of aromatic nitrogens is 1. The molecule has 0 saturated heterocycles. The quantitative estimate of drug-likeness (QED) is 0.0917. The summed E-state index contributed by atoms with van der Waals surface area (Å²) in [4.78, 5) is 92.1. The fourth-order valence-electron chi connectivity index (χ4n) is 5.00. The Balaban J connectivity index is 2.39. The van der Waals surface area contributed by atoms with Gasteiger partial charge in [0.2, 0.25) is 35.4 Å². The first kappa shape index (κ1) is 39.6. The standard InChI is InChI=1S/C32H47N7O8S/c1-6-16(3)26(39-32(47)27(17(4)7-2)38-30(45)23(13-25(41)42)35-18(5)40)31(46)36-22(29(44)37-24(15-48)28(33)43)12-19-14-34-21-11-9-8-10-20(19)21/h8-11,14,16-17,22-24,26-27,34,48H,6-7,12-13,15H2,1-5H3,(H2,33,43)(H,35,40)(H,36,46)(H,37,44)(H,38,45)(H,39,47)(H,41,42)/t16-,17-,22-,23-,24-,26-,27-/m0/s1. The highest BCUT2D eigenvalue weighted by Crippen LogP contribution is 2.20. The van der Waals surface area contributed by atoms with Crippen molar-refractivity contribution in [1.29, 1.82) is 0 Å². The Labute approximate surface area is 284 Å². The van der Waals surface area contributed by atoms with Crippen molar-refractivity contribution in [3.8, 4) is 0 Å². The molecule has 6 amide bonds. The lowest BCUT2D eigenvalue weighted by atomic mass is 9.94. The van der Waals surface area contributed by atoms with Crippen LogP contribution in [0.3, 0.4) is 0 Å². The number of primary amides is 1. The molecule has 264 valence electrons. The lowest BCUT2D eigenvalue weighted by Crippen LogP contribution is -2.61. The molecule has 0 aliphatic heterocycles. The Hall–Kier alpha value is -4.60. The molecular formula is C32H47N7O8S. The number of carboxylic acids is 1. The Morgan fingerprint density at radius 2 is 1.31 bits per heavy atom. The summed E-state index contributed by atoms with van der Waals surface area (Å²) in [5.41, 5.74) is 6.94. The number of thiol groups is 1. The van der Waals surface area contributed by atoms with Gasteiger partial charge in [0.1, 0.15) is 30.2 Å². The molecule has 2 aromatic rings. The van der Waals surface area contributed by atoms with E-state index in [0.717, 1.165) is 17.8 Å². The number of aromatic amines is 1. The summed E-state index contributed by atoms with van der Waals surface area (Å²) in [7, 11) is 0. The summed E-state index contributed by atoms with van der Waals surface area (Å²) in [6.07, 6.45) is 1.92. The highest BCUT2D eigenvalue weighted by Gasteiger charge is 2.36. The number of carbonyl (C=O) groups excluding carboxylic acids is 6. The molecule has 0 saturated carbocycles. The van der Waals surface area contributed by atoms with Crippen molar-refractivity contribution in [3.63, 3.8) is 0 Å². The van der Waals surface area contributed by atoms with Gasteiger partial charge in [0.25, 0.3) is 0 Å². The minimum Gasteiger partial charge on any atom is -0.481 e. The van der Waals surface area contributed by atoms with Crippen LogP contribution in [0.2, 0.25) is 0 Å². The summed E-state index contributed by atoms with van der Waals surface area (Å²) in [5, 5.41) is 22.9. The van der Waals surface area contributed by atoms with Gasteiger partial charge in [-0.2, -0.15) is 12.6 Å². The first-order valence-electron chi connectivity index (χ1n) is 15.8. The van der Waals surface area contributed by atoms with Crippen molar-refractivity contribution >= 4 is 64.9 Å². The van der Waals surface area contributed by atoms with Crippen LogP contribution < -0.4 is 32.3 Å². The average molecular weight is 690 g/mol. The summed E-state index contributed by atoms with van der Waals surface area (Å²) >= 11 is 4.09. The van der Waals surface area contributed by atoms with Crippen LogP contribution in [0.1, 0.15) is 59.4 Å². The first-order chi connectivity index (χ1) is 22.6. The second-order valence-corrected chi connectivity index (χ2v) is 12.2. The van der Waals surface area contributed by atoms with E-state index in [9.17, 15) is 38.7 Å². The summed E-state index contributed by atoms with van der Waals surface area (Å²) in [5.74, 6) is -6.68. The van der Waals surface area contributed by atoms with Crippen LogP contribution in [0.4, 0.5) is 0 Å². The second-order valence-electron chi connectivity index (χ2n) is 11.9. The van der Waals surface area contributed by atoms with E-state index in [0.29, 0.717) is 18.4 Å². The predicted octanol–water partition coefficient (Wildman–Crippen LogP) is 0.136. The number of fused-ring (bicyclic) bond motifs is 1. The van der Waals surface area contributed by atoms with E-state index < -0.39 is 89.9 Å². The molecule has 1 heterocycles. The molecule has 0 unspecified atom stereocenters. The number of benzene rings is 1. The van der Waals surface area contributed by atoms with E-state index in [1.165, 1.54) is 0 Å². The summed E-state index contributed by atoms with van der Waals surface area (Å²) in [6.45, 7) is 8.17. The maximum atomic E-state index is 13.9. The van der Waals surface area contributed by atoms with Crippen LogP contribution in [0, 0.1) is 11.8 Å². The highest BCUT2D eigenvalue weighted by molar-refractivity contribution is 7.80. The summed E-state index contributed by atoms with van der Waals surface area (Å²) in [6, 6.07) is 1.32. The van der Waals surface area contributed by atoms with Gasteiger partial charge in [0, 0.05) is 36.2 Å². The fourth-order valence-corrected chi connectivity index (χ4v) is 5.27. The van der Waals surface area contributed by atoms with Crippen molar-refractivity contribution in [1.82, 2.24) is 31.6 Å². The van der Waals surface area contributed by atoms with Crippen LogP contribution in [-0.2, 0) is 40.0 Å². The topological polar surface area (TPSA) is 242 Å². The molecule has 0 radical (unpaired) electrons. The number of rotatable bonds is 19. The zero-order valence-electron chi connectivity index (χ0n) is 27.8. The zero-order chi connectivity index (χ0) is 36.1. The first-order valence-corrected chi connectivity index (χ1v) is 16.4. The number of H-pyrrole nitrogens is 1. The molecule has 0 aliphatic rings. The molecule has 9 N–H and O–H groups in total. The van der Waals surface area contributed by atoms with Crippen LogP contribution in [0.15, 0.2) is 30.5 Å². The van der Waals surface area contributed by atoms with E-state index >= 15 is 0 Å². The molecule has 1 aromatic carbocycles. The largest absolute Gasteiger partial charge is 0.481 e. The number of hydrogen-bond acceptors (Lipinski definition) is 8. The van der Waals surface area contributed by atoms with Gasteiger partial charge in [-0.05, 0) is 23.5 Å². The highest BCUT2D eigenvalue weighted by atomic mass is 32.1. The van der Waals surface area contributed by atoms with Crippen molar-refractivity contribution in [2.75, 3.05) is 5.75 Å². The number of nitrogens with two attached hydrogens (primary N) is 1. The smallest absolute Gasteiger partial charge is 0.305 e. The molecule has 0 spiro atoms. The Kier molecular flexibility index (Phi) is 15.4. The molecule has 0 fully saturated rings. The van der Waals surface area contributed by atoms with Gasteiger partial charge < -0.3 is 42.4 Å². The van der Waals surface area contributed by atoms with E-state index in [1.54, 1.807) is 27.0 Å². The lowest BCUT2D eigenvalue weighted by molar-refractivity contribution is -0.141. The molecule has 7 atom stereocenters. The minimum absolute atomic E-state index is 0.0283.